The standard InChI is InChI=1S/C15H22F2N2O2/c1-15(2,3)19-9-8-13(20)18-10-11-6-4-5-7-12(11)21-14(16)17/h4-7,14,19H,8-10H2,1-3H3,(H,18,20). The molecule has 0 radical (unpaired) electrons. The molecule has 0 heterocycles. The average Bonchev–Trinajstić information content (AvgIpc) is 2.35. The van der Waals surface area contributed by atoms with E-state index >= 15 is 0 Å². The number of benzene rings is 1. The predicted molar refractivity (Wildman–Crippen MR) is 77.3 cm³/mol. The fraction of sp³-hybridized carbons (Fsp3) is 0.533. The number of alkyl halides is 2. The van der Waals surface area contributed by atoms with Gasteiger partial charge in [-0.1, -0.05) is 18.2 Å². The summed E-state index contributed by atoms with van der Waals surface area (Å²) in [6.07, 6.45) is 0.329. The van der Waals surface area contributed by atoms with E-state index in [-0.39, 0.29) is 23.7 Å². The van der Waals surface area contributed by atoms with Crippen LogP contribution in [0.4, 0.5) is 8.78 Å². The number of carbonyl (C=O) groups excluding carboxylic acids is 1. The van der Waals surface area contributed by atoms with Crippen LogP contribution in [-0.4, -0.2) is 24.6 Å². The van der Waals surface area contributed by atoms with Crippen molar-refractivity contribution in [2.75, 3.05) is 6.54 Å². The van der Waals surface area contributed by atoms with Gasteiger partial charge in [-0.05, 0) is 26.8 Å². The first kappa shape index (κ1) is 17.4. The Morgan fingerprint density at radius 2 is 1.95 bits per heavy atom. The number of carbonyl (C=O) groups is 1. The summed E-state index contributed by atoms with van der Waals surface area (Å²) in [7, 11) is 0. The van der Waals surface area contributed by atoms with E-state index < -0.39 is 6.61 Å². The highest BCUT2D eigenvalue weighted by Gasteiger charge is 2.11. The summed E-state index contributed by atoms with van der Waals surface area (Å²) in [6.45, 7) is 3.90. The molecule has 0 aliphatic carbocycles. The lowest BCUT2D eigenvalue weighted by molar-refractivity contribution is -0.121. The number of amides is 1. The van der Waals surface area contributed by atoms with Crippen LogP contribution < -0.4 is 15.4 Å². The van der Waals surface area contributed by atoms with Crippen LogP contribution in [0.2, 0.25) is 0 Å². The zero-order valence-electron chi connectivity index (χ0n) is 12.6. The summed E-state index contributed by atoms with van der Waals surface area (Å²) in [5, 5.41) is 5.90. The Morgan fingerprint density at radius 3 is 2.57 bits per heavy atom. The molecule has 0 aliphatic rings. The molecule has 0 fully saturated rings. The van der Waals surface area contributed by atoms with E-state index in [1.54, 1.807) is 18.2 Å². The Bertz CT molecular complexity index is 459. The number of hydrogen-bond donors (Lipinski definition) is 2. The molecule has 1 aromatic rings. The molecule has 0 saturated carbocycles. The molecule has 1 aromatic carbocycles. The van der Waals surface area contributed by atoms with Gasteiger partial charge in [-0.3, -0.25) is 4.79 Å². The van der Waals surface area contributed by atoms with Gasteiger partial charge in [0.15, 0.2) is 0 Å². The third-order valence-electron chi connectivity index (χ3n) is 2.67. The van der Waals surface area contributed by atoms with Gasteiger partial charge in [0.05, 0.1) is 0 Å². The highest BCUT2D eigenvalue weighted by molar-refractivity contribution is 5.76. The van der Waals surface area contributed by atoms with Gasteiger partial charge in [0.1, 0.15) is 5.75 Å². The van der Waals surface area contributed by atoms with E-state index in [0.717, 1.165) is 0 Å². The van der Waals surface area contributed by atoms with Gasteiger partial charge in [0.2, 0.25) is 5.91 Å². The predicted octanol–water partition coefficient (Wildman–Crippen LogP) is 2.68. The molecule has 0 unspecified atom stereocenters. The second kappa shape index (κ2) is 7.93. The Kier molecular flexibility index (Phi) is 6.55. The normalized spacial score (nSPS) is 11.5. The second-order valence-electron chi connectivity index (χ2n) is 5.69. The lowest BCUT2D eigenvalue weighted by atomic mass is 10.1. The van der Waals surface area contributed by atoms with E-state index in [4.69, 9.17) is 0 Å². The molecule has 21 heavy (non-hydrogen) atoms. The second-order valence-corrected chi connectivity index (χ2v) is 5.69. The summed E-state index contributed by atoms with van der Waals surface area (Å²) in [6, 6.07) is 6.41. The fourth-order valence-electron chi connectivity index (χ4n) is 1.69. The molecule has 0 saturated heterocycles. The van der Waals surface area contributed by atoms with Gasteiger partial charge in [-0.2, -0.15) is 8.78 Å². The maximum Gasteiger partial charge on any atom is 0.387 e. The third kappa shape index (κ3) is 7.60. The van der Waals surface area contributed by atoms with Crippen molar-refractivity contribution >= 4 is 5.91 Å². The van der Waals surface area contributed by atoms with Gasteiger partial charge < -0.3 is 15.4 Å². The summed E-state index contributed by atoms with van der Waals surface area (Å²) in [5.41, 5.74) is 0.479. The molecular weight excluding hydrogens is 278 g/mol. The fourth-order valence-corrected chi connectivity index (χ4v) is 1.69. The summed E-state index contributed by atoms with van der Waals surface area (Å²) in [5.74, 6) is -0.0563. The molecule has 6 heteroatoms. The van der Waals surface area contributed by atoms with Crippen molar-refractivity contribution in [1.82, 2.24) is 10.6 Å². The van der Waals surface area contributed by atoms with E-state index in [2.05, 4.69) is 15.4 Å². The van der Waals surface area contributed by atoms with E-state index in [1.807, 2.05) is 20.8 Å². The molecule has 2 N–H and O–H groups in total. The van der Waals surface area contributed by atoms with Crippen LogP contribution in [0.3, 0.4) is 0 Å². The minimum absolute atomic E-state index is 0.0437. The first-order valence-corrected chi connectivity index (χ1v) is 6.82. The van der Waals surface area contributed by atoms with Gasteiger partial charge in [-0.25, -0.2) is 0 Å². The molecule has 118 valence electrons. The smallest absolute Gasteiger partial charge is 0.387 e. The Morgan fingerprint density at radius 1 is 1.29 bits per heavy atom. The molecule has 4 nitrogen and oxygen atoms in total. The minimum Gasteiger partial charge on any atom is -0.434 e. The number of nitrogens with one attached hydrogen (secondary N) is 2. The third-order valence-corrected chi connectivity index (χ3v) is 2.67. The molecule has 0 aromatic heterocycles. The summed E-state index contributed by atoms with van der Waals surface area (Å²) in [4.78, 5) is 11.7. The van der Waals surface area contributed by atoms with Crippen molar-refractivity contribution in [2.45, 2.75) is 45.9 Å². The molecular formula is C15H22F2N2O2. The SMILES string of the molecule is CC(C)(C)NCCC(=O)NCc1ccccc1OC(F)F. The van der Waals surface area contributed by atoms with Crippen LogP contribution in [0, 0.1) is 0 Å². The van der Waals surface area contributed by atoms with Gasteiger partial charge in [0.25, 0.3) is 0 Å². The van der Waals surface area contributed by atoms with Gasteiger partial charge in [-0.15, -0.1) is 0 Å². The molecule has 1 amide bonds. The van der Waals surface area contributed by atoms with Gasteiger partial charge >= 0.3 is 6.61 Å². The maximum atomic E-state index is 12.3. The van der Waals surface area contributed by atoms with Crippen molar-refractivity contribution in [3.63, 3.8) is 0 Å². The summed E-state index contributed by atoms with van der Waals surface area (Å²) < 4.78 is 28.9. The van der Waals surface area contributed by atoms with E-state index in [9.17, 15) is 13.6 Å². The number of ether oxygens (including phenoxy) is 1. The molecule has 0 aliphatic heterocycles. The van der Waals surface area contributed by atoms with Crippen molar-refractivity contribution in [3.8, 4) is 5.75 Å². The van der Waals surface area contributed by atoms with Crippen LogP contribution in [0.15, 0.2) is 24.3 Å². The highest BCUT2D eigenvalue weighted by atomic mass is 19.3. The lowest BCUT2D eigenvalue weighted by Crippen LogP contribution is -2.38. The topological polar surface area (TPSA) is 50.4 Å². The molecule has 0 bridgehead atoms. The Balaban J connectivity index is 2.42. The first-order chi connectivity index (χ1) is 9.78. The number of hydrogen-bond acceptors (Lipinski definition) is 3. The minimum atomic E-state index is -2.88. The average molecular weight is 300 g/mol. The van der Waals surface area contributed by atoms with E-state index in [0.29, 0.717) is 18.5 Å². The van der Waals surface area contributed by atoms with Crippen LogP contribution in [0.5, 0.6) is 5.75 Å². The molecule has 0 spiro atoms. The zero-order valence-corrected chi connectivity index (χ0v) is 12.6. The molecule has 0 atom stereocenters. The van der Waals surface area contributed by atoms with Crippen molar-refractivity contribution < 1.29 is 18.3 Å². The van der Waals surface area contributed by atoms with Crippen molar-refractivity contribution in [2.24, 2.45) is 0 Å². The Labute approximate surface area is 123 Å². The highest BCUT2D eigenvalue weighted by Crippen LogP contribution is 2.19. The number of halogens is 2. The zero-order chi connectivity index (χ0) is 15.9. The van der Waals surface area contributed by atoms with Crippen molar-refractivity contribution in [3.05, 3.63) is 29.8 Å². The van der Waals surface area contributed by atoms with Crippen molar-refractivity contribution in [1.29, 1.82) is 0 Å². The van der Waals surface area contributed by atoms with Gasteiger partial charge in [0, 0.05) is 30.6 Å². The monoisotopic (exact) mass is 300 g/mol. The number of rotatable bonds is 7. The maximum absolute atomic E-state index is 12.3. The Hall–Kier alpha value is -1.69. The lowest BCUT2D eigenvalue weighted by Gasteiger charge is -2.20. The largest absolute Gasteiger partial charge is 0.434 e. The molecule has 1 rings (SSSR count). The quantitative estimate of drug-likeness (QED) is 0.814. The van der Waals surface area contributed by atoms with Crippen LogP contribution in [-0.2, 0) is 11.3 Å². The van der Waals surface area contributed by atoms with E-state index in [1.165, 1.54) is 6.07 Å². The summed E-state index contributed by atoms with van der Waals surface area (Å²) >= 11 is 0. The van der Waals surface area contributed by atoms with Crippen LogP contribution >= 0.6 is 0 Å². The number of para-hydroxylation sites is 1. The first-order valence-electron chi connectivity index (χ1n) is 6.82. The van der Waals surface area contributed by atoms with Crippen LogP contribution in [0.1, 0.15) is 32.8 Å². The van der Waals surface area contributed by atoms with Crippen LogP contribution in [0.25, 0.3) is 0 Å².